The van der Waals surface area contributed by atoms with E-state index < -0.39 is 0 Å². The molecule has 6 heteroatoms. The summed E-state index contributed by atoms with van der Waals surface area (Å²) in [6.07, 6.45) is 1.56. The number of carbonyl (C=O) groups excluding carboxylic acids is 1. The smallest absolute Gasteiger partial charge is 0.252 e. The Balaban J connectivity index is 1.65. The summed E-state index contributed by atoms with van der Waals surface area (Å²) < 4.78 is 10.8. The second-order valence-electron chi connectivity index (χ2n) is 4.80. The quantitative estimate of drug-likeness (QED) is 0.885. The van der Waals surface area contributed by atoms with Gasteiger partial charge in [-0.25, -0.2) is 4.98 Å². The van der Waals surface area contributed by atoms with Crippen LogP contribution in [0.15, 0.2) is 36.5 Å². The number of benzene rings is 1. The Hall–Kier alpha value is -2.76. The van der Waals surface area contributed by atoms with Gasteiger partial charge in [0.05, 0.1) is 5.56 Å². The number of ether oxygens (including phenoxy) is 2. The van der Waals surface area contributed by atoms with Gasteiger partial charge in [0.1, 0.15) is 5.82 Å². The summed E-state index contributed by atoms with van der Waals surface area (Å²) in [7, 11) is 0. The summed E-state index contributed by atoms with van der Waals surface area (Å²) in [5, 5.41) is 5.95. The Labute approximate surface area is 128 Å². The van der Waals surface area contributed by atoms with Gasteiger partial charge >= 0.3 is 0 Å². The van der Waals surface area contributed by atoms with Crippen molar-refractivity contribution in [1.82, 2.24) is 10.3 Å². The lowest BCUT2D eigenvalue weighted by atomic mass is 10.2. The first-order chi connectivity index (χ1) is 10.8. The van der Waals surface area contributed by atoms with Gasteiger partial charge in [-0.15, -0.1) is 0 Å². The number of para-hydroxylation sites is 1. The van der Waals surface area contributed by atoms with Gasteiger partial charge in [-0.05, 0) is 25.1 Å². The summed E-state index contributed by atoms with van der Waals surface area (Å²) >= 11 is 0. The van der Waals surface area contributed by atoms with Crippen molar-refractivity contribution < 1.29 is 14.3 Å². The van der Waals surface area contributed by atoms with Crippen molar-refractivity contribution in [3.8, 4) is 11.5 Å². The van der Waals surface area contributed by atoms with Gasteiger partial charge in [0.15, 0.2) is 11.5 Å². The van der Waals surface area contributed by atoms with Gasteiger partial charge in [0.25, 0.3) is 5.91 Å². The van der Waals surface area contributed by atoms with Crippen molar-refractivity contribution in [1.29, 1.82) is 0 Å². The molecule has 2 heterocycles. The third-order valence-corrected chi connectivity index (χ3v) is 3.30. The molecule has 1 aliphatic rings. The zero-order valence-electron chi connectivity index (χ0n) is 12.3. The van der Waals surface area contributed by atoms with Crippen LogP contribution in [-0.4, -0.2) is 24.2 Å². The number of fused-ring (bicyclic) bond motifs is 1. The van der Waals surface area contributed by atoms with E-state index >= 15 is 0 Å². The molecule has 1 aromatic carbocycles. The highest BCUT2D eigenvalue weighted by Crippen LogP contribution is 2.35. The van der Waals surface area contributed by atoms with Crippen LogP contribution in [0, 0.1) is 0 Å². The average molecular weight is 299 g/mol. The molecule has 0 spiro atoms. The maximum absolute atomic E-state index is 11.7. The summed E-state index contributed by atoms with van der Waals surface area (Å²) in [6.45, 7) is 3.30. The lowest BCUT2D eigenvalue weighted by Crippen LogP contribution is -2.22. The number of rotatable bonds is 5. The van der Waals surface area contributed by atoms with Gasteiger partial charge in [-0.2, -0.15) is 0 Å². The number of nitrogens with one attached hydrogen (secondary N) is 2. The van der Waals surface area contributed by atoms with Crippen molar-refractivity contribution >= 4 is 11.7 Å². The number of carbonyl (C=O) groups is 1. The first-order valence-electron chi connectivity index (χ1n) is 7.13. The molecule has 0 bridgehead atoms. The lowest BCUT2D eigenvalue weighted by Gasteiger charge is -2.09. The van der Waals surface area contributed by atoms with Crippen molar-refractivity contribution in [2.75, 3.05) is 18.7 Å². The molecule has 22 heavy (non-hydrogen) atoms. The molecule has 2 aromatic rings. The zero-order chi connectivity index (χ0) is 15.4. The first kappa shape index (κ1) is 14.2. The first-order valence-corrected chi connectivity index (χ1v) is 7.13. The molecule has 1 aromatic heterocycles. The topological polar surface area (TPSA) is 72.5 Å². The number of aromatic nitrogens is 1. The van der Waals surface area contributed by atoms with Gasteiger partial charge in [-0.1, -0.05) is 12.1 Å². The maximum Gasteiger partial charge on any atom is 0.252 e. The van der Waals surface area contributed by atoms with Crippen LogP contribution >= 0.6 is 0 Å². The predicted octanol–water partition coefficient (Wildman–Crippen LogP) is 2.17. The SMILES string of the molecule is CCNC(=O)c1ccc(NCc2cccc3c2OCO3)nc1. The molecule has 0 atom stereocenters. The molecule has 1 aliphatic heterocycles. The summed E-state index contributed by atoms with van der Waals surface area (Å²) in [5.74, 6) is 2.12. The van der Waals surface area contributed by atoms with Crippen LogP contribution in [-0.2, 0) is 6.54 Å². The van der Waals surface area contributed by atoms with E-state index in [0.29, 0.717) is 24.5 Å². The van der Waals surface area contributed by atoms with Crippen molar-refractivity contribution in [2.24, 2.45) is 0 Å². The minimum Gasteiger partial charge on any atom is -0.454 e. The largest absolute Gasteiger partial charge is 0.454 e. The number of hydrogen-bond acceptors (Lipinski definition) is 5. The molecular weight excluding hydrogens is 282 g/mol. The second kappa shape index (κ2) is 6.34. The van der Waals surface area contributed by atoms with Crippen molar-refractivity contribution in [2.45, 2.75) is 13.5 Å². The highest BCUT2D eigenvalue weighted by atomic mass is 16.7. The van der Waals surface area contributed by atoms with Gasteiger partial charge in [0, 0.05) is 24.8 Å². The molecule has 0 fully saturated rings. The minimum absolute atomic E-state index is 0.118. The molecular formula is C16H17N3O3. The van der Waals surface area contributed by atoms with Crippen LogP contribution in [0.25, 0.3) is 0 Å². The predicted molar refractivity (Wildman–Crippen MR) is 82.1 cm³/mol. The van der Waals surface area contributed by atoms with E-state index in [1.54, 1.807) is 18.3 Å². The Morgan fingerprint density at radius 3 is 2.95 bits per heavy atom. The molecule has 114 valence electrons. The highest BCUT2D eigenvalue weighted by molar-refractivity contribution is 5.93. The molecule has 0 saturated heterocycles. The molecule has 0 aliphatic carbocycles. The van der Waals surface area contributed by atoms with E-state index in [1.165, 1.54) is 0 Å². The molecule has 0 radical (unpaired) electrons. The Bertz CT molecular complexity index is 671. The van der Waals surface area contributed by atoms with Crippen LogP contribution in [0.4, 0.5) is 5.82 Å². The fourth-order valence-corrected chi connectivity index (χ4v) is 2.21. The molecule has 0 unspecified atom stereocenters. The van der Waals surface area contributed by atoms with Gasteiger partial charge in [0.2, 0.25) is 6.79 Å². The number of nitrogens with zero attached hydrogens (tertiary/aromatic N) is 1. The molecule has 3 rings (SSSR count). The number of hydrogen-bond donors (Lipinski definition) is 2. The van der Waals surface area contributed by atoms with Crippen LogP contribution in [0.3, 0.4) is 0 Å². The Morgan fingerprint density at radius 2 is 2.18 bits per heavy atom. The summed E-state index contributed by atoms with van der Waals surface area (Å²) in [6, 6.07) is 9.31. The molecule has 2 N–H and O–H groups in total. The van der Waals surface area contributed by atoms with E-state index in [2.05, 4.69) is 15.6 Å². The van der Waals surface area contributed by atoms with E-state index in [0.717, 1.165) is 17.1 Å². The fraction of sp³-hybridized carbons (Fsp3) is 0.250. The molecule has 1 amide bonds. The summed E-state index contributed by atoms with van der Waals surface area (Å²) in [5.41, 5.74) is 1.55. The van der Waals surface area contributed by atoms with Gasteiger partial charge < -0.3 is 20.1 Å². The van der Waals surface area contributed by atoms with Crippen LogP contribution in [0.1, 0.15) is 22.8 Å². The third kappa shape index (κ3) is 2.95. The summed E-state index contributed by atoms with van der Waals surface area (Å²) in [4.78, 5) is 15.9. The average Bonchev–Trinajstić information content (AvgIpc) is 3.03. The lowest BCUT2D eigenvalue weighted by molar-refractivity contribution is 0.0955. The Kier molecular flexibility index (Phi) is 4.09. The monoisotopic (exact) mass is 299 g/mol. The Morgan fingerprint density at radius 1 is 1.27 bits per heavy atom. The molecule has 0 saturated carbocycles. The maximum atomic E-state index is 11.7. The second-order valence-corrected chi connectivity index (χ2v) is 4.80. The zero-order valence-corrected chi connectivity index (χ0v) is 12.3. The van der Waals surface area contributed by atoms with E-state index in [1.807, 2.05) is 25.1 Å². The minimum atomic E-state index is -0.118. The van der Waals surface area contributed by atoms with Crippen molar-refractivity contribution in [3.05, 3.63) is 47.7 Å². The van der Waals surface area contributed by atoms with E-state index in [9.17, 15) is 4.79 Å². The highest BCUT2D eigenvalue weighted by Gasteiger charge is 2.16. The third-order valence-electron chi connectivity index (χ3n) is 3.30. The number of amides is 1. The fourth-order valence-electron chi connectivity index (χ4n) is 2.21. The van der Waals surface area contributed by atoms with Gasteiger partial charge in [-0.3, -0.25) is 4.79 Å². The van der Waals surface area contributed by atoms with E-state index in [4.69, 9.17) is 9.47 Å². The molecule has 6 nitrogen and oxygen atoms in total. The standard InChI is InChI=1S/C16H17N3O3/c1-2-17-16(20)12-6-7-14(19-9-12)18-8-11-4-3-5-13-15(11)22-10-21-13/h3-7,9H,2,8,10H2,1H3,(H,17,20)(H,18,19). The van der Waals surface area contributed by atoms with Crippen LogP contribution in [0.2, 0.25) is 0 Å². The number of anilines is 1. The van der Waals surface area contributed by atoms with Crippen molar-refractivity contribution in [3.63, 3.8) is 0 Å². The number of pyridine rings is 1. The van der Waals surface area contributed by atoms with Crippen LogP contribution < -0.4 is 20.1 Å². The van der Waals surface area contributed by atoms with Crippen LogP contribution in [0.5, 0.6) is 11.5 Å². The van der Waals surface area contributed by atoms with E-state index in [-0.39, 0.29) is 12.7 Å². The normalized spacial score (nSPS) is 12.0.